The summed E-state index contributed by atoms with van der Waals surface area (Å²) in [5.74, 6) is 0. The maximum absolute atomic E-state index is 6.02. The summed E-state index contributed by atoms with van der Waals surface area (Å²) in [5.41, 5.74) is 5.20. The third kappa shape index (κ3) is 5.92. The van der Waals surface area contributed by atoms with Crippen molar-refractivity contribution in [3.63, 3.8) is 0 Å². The predicted octanol–water partition coefficient (Wildman–Crippen LogP) is 6.73. The van der Waals surface area contributed by atoms with E-state index in [1.54, 1.807) is 0 Å². The molecule has 146 valence electrons. The van der Waals surface area contributed by atoms with Gasteiger partial charge >= 0.3 is 0 Å². The fourth-order valence-corrected chi connectivity index (χ4v) is 3.73. The lowest BCUT2D eigenvalue weighted by Gasteiger charge is -2.29. The van der Waals surface area contributed by atoms with Gasteiger partial charge in [0.25, 0.3) is 0 Å². The molecule has 2 nitrogen and oxygen atoms in total. The smallest absolute Gasteiger partial charge is 0.106 e. The van der Waals surface area contributed by atoms with Crippen molar-refractivity contribution in [2.45, 2.75) is 71.0 Å². The largest absolute Gasteiger partial charge is 0.373 e. The molecule has 0 saturated carbocycles. The van der Waals surface area contributed by atoms with Crippen LogP contribution in [0.3, 0.4) is 0 Å². The molecule has 1 saturated heterocycles. The third-order valence-electron chi connectivity index (χ3n) is 5.47. The fraction of sp³-hybridized carbons (Fsp3) is 0.520. The zero-order chi connectivity index (χ0) is 18.9. The van der Waals surface area contributed by atoms with Crippen LogP contribution in [0.25, 0.3) is 11.1 Å². The summed E-state index contributed by atoms with van der Waals surface area (Å²) in [6, 6.07) is 17.8. The molecule has 2 aromatic carbocycles. The summed E-state index contributed by atoms with van der Waals surface area (Å²) in [4.78, 5) is 0. The summed E-state index contributed by atoms with van der Waals surface area (Å²) >= 11 is 0. The van der Waals surface area contributed by atoms with E-state index < -0.39 is 0 Å². The lowest BCUT2D eigenvalue weighted by atomic mass is 9.99. The molecule has 2 aromatic rings. The van der Waals surface area contributed by atoms with Gasteiger partial charge in [-0.15, -0.1) is 0 Å². The van der Waals surface area contributed by atoms with E-state index in [2.05, 4.69) is 62.4 Å². The number of ether oxygens (including phenoxy) is 2. The molecule has 3 rings (SSSR count). The van der Waals surface area contributed by atoms with E-state index in [-0.39, 0.29) is 12.2 Å². The van der Waals surface area contributed by atoms with Crippen LogP contribution in [0.4, 0.5) is 0 Å². The van der Waals surface area contributed by atoms with Gasteiger partial charge in [0, 0.05) is 0 Å². The van der Waals surface area contributed by atoms with Gasteiger partial charge in [0.15, 0.2) is 0 Å². The highest BCUT2D eigenvalue weighted by Crippen LogP contribution is 2.27. The standard InChI is InChI=1S/C25H34O2/c1-3-5-6-7-9-20-10-12-21(13-11-20)22-14-16-23(17-15-22)25-19-26-24(8-4-2)18-27-25/h10-17,24-25H,3-9,18-19H2,1-2H3. The number of aryl methyl sites for hydroxylation is 1. The first-order chi connectivity index (χ1) is 13.3. The van der Waals surface area contributed by atoms with Crippen molar-refractivity contribution in [3.8, 4) is 11.1 Å². The molecule has 0 aliphatic carbocycles. The summed E-state index contributed by atoms with van der Waals surface area (Å²) < 4.78 is 12.0. The number of unbranched alkanes of at least 4 members (excludes halogenated alkanes) is 3. The Labute approximate surface area is 164 Å². The molecule has 0 N–H and O–H groups in total. The Kier molecular flexibility index (Phi) is 7.92. The summed E-state index contributed by atoms with van der Waals surface area (Å²) in [6.45, 7) is 5.82. The lowest BCUT2D eigenvalue weighted by molar-refractivity contribution is -0.137. The zero-order valence-corrected chi connectivity index (χ0v) is 17.0. The van der Waals surface area contributed by atoms with Crippen molar-refractivity contribution in [3.05, 3.63) is 59.7 Å². The zero-order valence-electron chi connectivity index (χ0n) is 17.0. The van der Waals surface area contributed by atoms with E-state index >= 15 is 0 Å². The highest BCUT2D eigenvalue weighted by molar-refractivity contribution is 5.64. The Morgan fingerprint density at radius 1 is 0.741 bits per heavy atom. The van der Waals surface area contributed by atoms with Crippen molar-refractivity contribution in [1.29, 1.82) is 0 Å². The fourth-order valence-electron chi connectivity index (χ4n) is 3.73. The highest BCUT2D eigenvalue weighted by Gasteiger charge is 2.22. The molecule has 2 unspecified atom stereocenters. The van der Waals surface area contributed by atoms with Crippen LogP contribution in [0, 0.1) is 0 Å². The first kappa shape index (κ1) is 20.1. The topological polar surface area (TPSA) is 18.5 Å². The minimum absolute atomic E-state index is 0.0673. The van der Waals surface area contributed by atoms with Gasteiger partial charge in [0.2, 0.25) is 0 Å². The molecule has 2 atom stereocenters. The molecule has 0 aromatic heterocycles. The van der Waals surface area contributed by atoms with Crippen LogP contribution in [0.2, 0.25) is 0 Å². The highest BCUT2D eigenvalue weighted by atomic mass is 16.6. The van der Waals surface area contributed by atoms with Gasteiger partial charge in [-0.1, -0.05) is 88.1 Å². The molecule has 0 amide bonds. The van der Waals surface area contributed by atoms with Crippen LogP contribution >= 0.6 is 0 Å². The molecule has 27 heavy (non-hydrogen) atoms. The molecule has 1 heterocycles. The number of hydrogen-bond donors (Lipinski definition) is 0. The molecule has 0 spiro atoms. The van der Waals surface area contributed by atoms with Crippen LogP contribution in [-0.2, 0) is 15.9 Å². The van der Waals surface area contributed by atoms with Crippen LogP contribution in [0.1, 0.15) is 69.6 Å². The van der Waals surface area contributed by atoms with Gasteiger partial charge in [-0.2, -0.15) is 0 Å². The maximum atomic E-state index is 6.02. The second-order valence-corrected chi connectivity index (χ2v) is 7.70. The Morgan fingerprint density at radius 2 is 1.44 bits per heavy atom. The minimum atomic E-state index is 0.0673. The molecule has 1 fully saturated rings. The van der Waals surface area contributed by atoms with Crippen molar-refractivity contribution in [2.24, 2.45) is 0 Å². The summed E-state index contributed by atoms with van der Waals surface area (Å²) in [6.07, 6.45) is 9.04. The maximum Gasteiger partial charge on any atom is 0.106 e. The van der Waals surface area contributed by atoms with Gasteiger partial charge in [0.1, 0.15) is 6.10 Å². The van der Waals surface area contributed by atoms with E-state index in [4.69, 9.17) is 9.47 Å². The molecule has 1 aliphatic heterocycles. The summed E-state index contributed by atoms with van der Waals surface area (Å²) in [7, 11) is 0. The second kappa shape index (κ2) is 10.6. The van der Waals surface area contributed by atoms with Gasteiger partial charge < -0.3 is 9.47 Å². The van der Waals surface area contributed by atoms with Gasteiger partial charge in [-0.25, -0.2) is 0 Å². The molecule has 2 heteroatoms. The Balaban J connectivity index is 1.54. The van der Waals surface area contributed by atoms with Crippen molar-refractivity contribution in [1.82, 2.24) is 0 Å². The number of hydrogen-bond acceptors (Lipinski definition) is 2. The van der Waals surface area contributed by atoms with E-state index in [9.17, 15) is 0 Å². The molecular formula is C25H34O2. The number of benzene rings is 2. The molecule has 0 radical (unpaired) electrons. The normalized spacial score (nSPS) is 19.9. The third-order valence-corrected chi connectivity index (χ3v) is 5.47. The van der Waals surface area contributed by atoms with Gasteiger partial charge in [-0.05, 0) is 41.5 Å². The Morgan fingerprint density at radius 3 is 2.04 bits per heavy atom. The molecule has 0 bridgehead atoms. The quantitative estimate of drug-likeness (QED) is 0.458. The van der Waals surface area contributed by atoms with Gasteiger partial charge in [0.05, 0.1) is 19.3 Å². The predicted molar refractivity (Wildman–Crippen MR) is 113 cm³/mol. The van der Waals surface area contributed by atoms with Crippen LogP contribution in [0.5, 0.6) is 0 Å². The van der Waals surface area contributed by atoms with Gasteiger partial charge in [-0.3, -0.25) is 0 Å². The van der Waals surface area contributed by atoms with Crippen LogP contribution < -0.4 is 0 Å². The van der Waals surface area contributed by atoms with E-state index in [0.29, 0.717) is 13.2 Å². The second-order valence-electron chi connectivity index (χ2n) is 7.70. The molecule has 1 aliphatic rings. The first-order valence-corrected chi connectivity index (χ1v) is 10.7. The Hall–Kier alpha value is -1.64. The average Bonchev–Trinajstić information content (AvgIpc) is 2.73. The van der Waals surface area contributed by atoms with E-state index in [0.717, 1.165) is 12.8 Å². The van der Waals surface area contributed by atoms with Crippen molar-refractivity contribution >= 4 is 0 Å². The average molecular weight is 367 g/mol. The van der Waals surface area contributed by atoms with Crippen LogP contribution in [0.15, 0.2) is 48.5 Å². The lowest BCUT2D eigenvalue weighted by Crippen LogP contribution is -2.30. The first-order valence-electron chi connectivity index (χ1n) is 10.7. The molecular weight excluding hydrogens is 332 g/mol. The SMILES string of the molecule is CCCCCCc1ccc(-c2ccc(C3COC(CCC)CO3)cc2)cc1. The van der Waals surface area contributed by atoms with E-state index in [1.165, 1.54) is 54.4 Å². The van der Waals surface area contributed by atoms with Crippen LogP contribution in [-0.4, -0.2) is 19.3 Å². The number of rotatable bonds is 9. The summed E-state index contributed by atoms with van der Waals surface area (Å²) in [5, 5.41) is 0. The van der Waals surface area contributed by atoms with E-state index in [1.807, 2.05) is 0 Å². The van der Waals surface area contributed by atoms with Crippen molar-refractivity contribution < 1.29 is 9.47 Å². The Bertz CT molecular complexity index is 652. The minimum Gasteiger partial charge on any atom is -0.373 e. The monoisotopic (exact) mass is 366 g/mol. The van der Waals surface area contributed by atoms with Crippen molar-refractivity contribution in [2.75, 3.05) is 13.2 Å².